The number of nitrogens with one attached hydrogen (secondary N) is 1. The smallest absolute Gasteiger partial charge is 0.225 e. The Morgan fingerprint density at radius 1 is 1.47 bits per heavy atom. The summed E-state index contributed by atoms with van der Waals surface area (Å²) in [5, 5.41) is 14.4. The van der Waals surface area contributed by atoms with Crippen molar-refractivity contribution >= 4 is 27.7 Å². The molecule has 104 valence electrons. The molecule has 0 radical (unpaired) electrons. The molecule has 1 atom stereocenters. The third-order valence-corrected chi connectivity index (χ3v) is 3.19. The molecule has 1 aromatic rings. The first-order chi connectivity index (χ1) is 9.06. The average Bonchev–Trinajstić information content (AvgIpc) is 2.40. The maximum atomic E-state index is 11.9. The number of halogens is 1. The summed E-state index contributed by atoms with van der Waals surface area (Å²) in [7, 11) is 0. The maximum absolute atomic E-state index is 11.9. The lowest BCUT2D eigenvalue weighted by atomic mass is 10.1. The van der Waals surface area contributed by atoms with Crippen molar-refractivity contribution in [1.82, 2.24) is 5.32 Å². The van der Waals surface area contributed by atoms with Gasteiger partial charge in [0.1, 0.15) is 0 Å². The first kappa shape index (κ1) is 15.5. The van der Waals surface area contributed by atoms with E-state index < -0.39 is 6.04 Å². The average molecular weight is 328 g/mol. The van der Waals surface area contributed by atoms with Crippen LogP contribution in [0, 0.1) is 0 Å². The minimum Gasteiger partial charge on any atom is -0.409 e. The maximum Gasteiger partial charge on any atom is 0.225 e. The standard InChI is InChI=1S/C13H18BrN3O2/c1-2-3-11(13(15)17-19)16-12(18)8-9-4-6-10(14)7-5-9/h4-7,11,19H,2-3,8H2,1H3,(H2,15,17)(H,16,18). The summed E-state index contributed by atoms with van der Waals surface area (Å²) in [5.74, 6) is -0.113. The molecule has 0 saturated heterocycles. The zero-order valence-corrected chi connectivity index (χ0v) is 12.4. The Hall–Kier alpha value is -1.56. The number of amidine groups is 1. The highest BCUT2D eigenvalue weighted by atomic mass is 79.9. The van der Waals surface area contributed by atoms with Crippen molar-refractivity contribution in [3.8, 4) is 0 Å². The fraction of sp³-hybridized carbons (Fsp3) is 0.385. The lowest BCUT2D eigenvalue weighted by Gasteiger charge is -2.16. The summed E-state index contributed by atoms with van der Waals surface area (Å²) < 4.78 is 0.970. The van der Waals surface area contributed by atoms with Crippen LogP contribution in [0.2, 0.25) is 0 Å². The van der Waals surface area contributed by atoms with Crippen LogP contribution in [0.15, 0.2) is 33.9 Å². The third kappa shape index (κ3) is 5.30. The Bertz CT molecular complexity index is 446. The fourth-order valence-corrected chi connectivity index (χ4v) is 1.95. The molecule has 6 heteroatoms. The molecule has 4 N–H and O–H groups in total. The summed E-state index contributed by atoms with van der Waals surface area (Å²) in [4.78, 5) is 11.9. The first-order valence-corrected chi connectivity index (χ1v) is 6.87. The van der Waals surface area contributed by atoms with Gasteiger partial charge in [0.2, 0.25) is 5.91 Å². The molecular formula is C13H18BrN3O2. The number of nitrogens with zero attached hydrogens (tertiary/aromatic N) is 1. The quantitative estimate of drug-likeness (QED) is 0.323. The van der Waals surface area contributed by atoms with E-state index in [4.69, 9.17) is 10.9 Å². The number of oxime groups is 1. The van der Waals surface area contributed by atoms with Gasteiger partial charge in [-0.3, -0.25) is 4.79 Å². The topological polar surface area (TPSA) is 87.7 Å². The summed E-state index contributed by atoms with van der Waals surface area (Å²) in [6.07, 6.45) is 1.74. The van der Waals surface area contributed by atoms with Crippen LogP contribution in [0.1, 0.15) is 25.3 Å². The van der Waals surface area contributed by atoms with Crippen molar-refractivity contribution in [1.29, 1.82) is 0 Å². The zero-order valence-electron chi connectivity index (χ0n) is 10.8. The van der Waals surface area contributed by atoms with E-state index in [9.17, 15) is 4.79 Å². The van der Waals surface area contributed by atoms with Crippen LogP contribution in [-0.2, 0) is 11.2 Å². The second kappa shape index (κ2) is 7.78. The number of amides is 1. The molecule has 1 aromatic carbocycles. The van der Waals surface area contributed by atoms with Crippen molar-refractivity contribution in [2.45, 2.75) is 32.2 Å². The molecule has 1 rings (SSSR count). The van der Waals surface area contributed by atoms with Crippen molar-refractivity contribution < 1.29 is 10.0 Å². The van der Waals surface area contributed by atoms with E-state index in [-0.39, 0.29) is 18.2 Å². The normalized spacial score (nSPS) is 13.1. The molecule has 0 aromatic heterocycles. The van der Waals surface area contributed by atoms with Gasteiger partial charge in [-0.1, -0.05) is 46.6 Å². The van der Waals surface area contributed by atoms with Crippen LogP contribution in [0.4, 0.5) is 0 Å². The summed E-state index contributed by atoms with van der Waals surface area (Å²) in [6.45, 7) is 1.97. The molecule has 0 spiro atoms. The van der Waals surface area contributed by atoms with E-state index in [0.29, 0.717) is 6.42 Å². The number of rotatable bonds is 6. The van der Waals surface area contributed by atoms with Gasteiger partial charge in [-0.05, 0) is 24.1 Å². The largest absolute Gasteiger partial charge is 0.409 e. The van der Waals surface area contributed by atoms with Crippen molar-refractivity contribution in [3.05, 3.63) is 34.3 Å². The van der Waals surface area contributed by atoms with Crippen molar-refractivity contribution in [2.24, 2.45) is 10.9 Å². The second-order valence-corrected chi connectivity index (χ2v) is 5.15. The number of nitrogens with two attached hydrogens (primary N) is 1. The Morgan fingerprint density at radius 2 is 2.11 bits per heavy atom. The van der Waals surface area contributed by atoms with Gasteiger partial charge in [-0.15, -0.1) is 0 Å². The fourth-order valence-electron chi connectivity index (χ4n) is 1.69. The molecule has 5 nitrogen and oxygen atoms in total. The number of carbonyl (C=O) groups excluding carboxylic acids is 1. The minimum atomic E-state index is -0.419. The van der Waals surface area contributed by atoms with Gasteiger partial charge in [-0.2, -0.15) is 0 Å². The molecule has 0 heterocycles. The lowest BCUT2D eigenvalue weighted by Crippen LogP contribution is -2.45. The number of carbonyl (C=O) groups is 1. The van der Waals surface area contributed by atoms with Crippen LogP contribution < -0.4 is 11.1 Å². The summed E-state index contributed by atoms with van der Waals surface area (Å²) >= 11 is 3.34. The van der Waals surface area contributed by atoms with E-state index >= 15 is 0 Å². The minimum absolute atomic E-state index is 0.0333. The van der Waals surface area contributed by atoms with Crippen molar-refractivity contribution in [3.63, 3.8) is 0 Å². The van der Waals surface area contributed by atoms with Crippen LogP contribution in [-0.4, -0.2) is 23.0 Å². The molecule has 0 aliphatic carbocycles. The predicted molar refractivity (Wildman–Crippen MR) is 78.1 cm³/mol. The highest BCUT2D eigenvalue weighted by Crippen LogP contribution is 2.11. The summed E-state index contributed by atoms with van der Waals surface area (Å²) in [6, 6.07) is 7.10. The highest BCUT2D eigenvalue weighted by molar-refractivity contribution is 9.10. The van der Waals surface area contributed by atoms with Crippen LogP contribution >= 0.6 is 15.9 Å². The lowest BCUT2D eigenvalue weighted by molar-refractivity contribution is -0.120. The van der Waals surface area contributed by atoms with E-state index in [1.807, 2.05) is 31.2 Å². The molecule has 0 saturated carbocycles. The zero-order chi connectivity index (χ0) is 14.3. The molecule has 19 heavy (non-hydrogen) atoms. The molecule has 0 fully saturated rings. The Labute approximate surface area is 121 Å². The second-order valence-electron chi connectivity index (χ2n) is 4.24. The van der Waals surface area contributed by atoms with Gasteiger partial charge in [-0.25, -0.2) is 0 Å². The highest BCUT2D eigenvalue weighted by Gasteiger charge is 2.16. The van der Waals surface area contributed by atoms with Gasteiger partial charge in [0.15, 0.2) is 5.84 Å². The Morgan fingerprint density at radius 3 is 2.63 bits per heavy atom. The first-order valence-electron chi connectivity index (χ1n) is 6.08. The number of hydrogen-bond donors (Lipinski definition) is 3. The van der Waals surface area contributed by atoms with Crippen LogP contribution in [0.3, 0.4) is 0 Å². The molecule has 1 unspecified atom stereocenters. The van der Waals surface area contributed by atoms with Gasteiger partial charge in [0.25, 0.3) is 0 Å². The van der Waals surface area contributed by atoms with Crippen LogP contribution in [0.5, 0.6) is 0 Å². The van der Waals surface area contributed by atoms with Crippen molar-refractivity contribution in [2.75, 3.05) is 0 Å². The third-order valence-electron chi connectivity index (χ3n) is 2.66. The van der Waals surface area contributed by atoms with Gasteiger partial charge in [0.05, 0.1) is 12.5 Å². The number of benzene rings is 1. The molecule has 0 aliphatic rings. The molecule has 0 aliphatic heterocycles. The Balaban J connectivity index is 2.60. The Kier molecular flexibility index (Phi) is 6.35. The monoisotopic (exact) mass is 327 g/mol. The van der Waals surface area contributed by atoms with E-state index in [1.165, 1.54) is 0 Å². The SMILES string of the molecule is CCCC(NC(=O)Cc1ccc(Br)cc1)/C(N)=N/O. The van der Waals surface area contributed by atoms with Gasteiger partial charge < -0.3 is 16.3 Å². The van der Waals surface area contributed by atoms with Crippen LogP contribution in [0.25, 0.3) is 0 Å². The van der Waals surface area contributed by atoms with Gasteiger partial charge >= 0.3 is 0 Å². The van der Waals surface area contributed by atoms with Gasteiger partial charge in [0, 0.05) is 4.47 Å². The summed E-state index contributed by atoms with van der Waals surface area (Å²) in [5.41, 5.74) is 6.46. The van der Waals surface area contributed by atoms with E-state index in [0.717, 1.165) is 16.5 Å². The molecular weight excluding hydrogens is 310 g/mol. The van der Waals surface area contributed by atoms with E-state index in [1.54, 1.807) is 0 Å². The molecule has 0 bridgehead atoms. The predicted octanol–water partition coefficient (Wildman–Crippen LogP) is 2.02. The number of hydrogen-bond acceptors (Lipinski definition) is 3. The van der Waals surface area contributed by atoms with E-state index in [2.05, 4.69) is 26.4 Å². The molecule has 1 amide bonds.